The number of nitrogens with zero attached hydrogens (tertiary/aromatic N) is 1. The second-order valence-corrected chi connectivity index (χ2v) is 21.9. The molecule has 2 heterocycles. The van der Waals surface area contributed by atoms with Crippen LogP contribution >= 0.6 is 11.8 Å². The van der Waals surface area contributed by atoms with E-state index in [1.165, 1.54) is 76.6 Å². The number of hydrogen-bond donors (Lipinski definition) is 0. The van der Waals surface area contributed by atoms with Gasteiger partial charge >= 0.3 is 0 Å². The lowest BCUT2D eigenvalue weighted by atomic mass is 9.65. The van der Waals surface area contributed by atoms with E-state index < -0.39 is 10.8 Å². The van der Waals surface area contributed by atoms with Crippen molar-refractivity contribution in [1.82, 2.24) is 0 Å². The van der Waals surface area contributed by atoms with Crippen LogP contribution in [0.15, 0.2) is 210 Å². The molecular weight excluding hydrogens is 831 g/mol. The standard InChI is InChI=1S/C64H51NOS/c1-61(2,3)40-28-34-59-55(36-40)64(56-37-41(62(4,5)6)29-35-60(56)67-59)50-23-13-11-21-46(50)48-33-31-44(39-54(48)64)65(42-18-8-7-9-19-42)43-30-32-47-45-20-10-12-22-49(45)63(53(47)38-43)51-24-14-16-26-57(51)66-58-27-17-15-25-52(58)63/h7-39H,1-6H3. The molecule has 0 N–H and O–H groups in total. The summed E-state index contributed by atoms with van der Waals surface area (Å²) in [6, 6.07) is 75.5. The molecular formula is C64H51NOS. The first-order valence-electron chi connectivity index (χ1n) is 23.7. The van der Waals surface area contributed by atoms with Gasteiger partial charge in [-0.25, -0.2) is 0 Å². The summed E-state index contributed by atoms with van der Waals surface area (Å²) in [5.41, 5.74) is 20.2. The van der Waals surface area contributed by atoms with Crippen LogP contribution < -0.4 is 9.64 Å². The van der Waals surface area contributed by atoms with Crippen molar-refractivity contribution in [1.29, 1.82) is 0 Å². The Balaban J connectivity index is 1.10. The highest BCUT2D eigenvalue weighted by Gasteiger charge is 2.53. The molecule has 0 saturated heterocycles. The molecule has 67 heavy (non-hydrogen) atoms. The minimum absolute atomic E-state index is 0.0304. The Kier molecular flexibility index (Phi) is 8.54. The van der Waals surface area contributed by atoms with Gasteiger partial charge in [0.1, 0.15) is 11.5 Å². The molecule has 0 saturated carbocycles. The minimum Gasteiger partial charge on any atom is -0.457 e. The lowest BCUT2D eigenvalue weighted by Gasteiger charge is -2.41. The second-order valence-electron chi connectivity index (χ2n) is 20.8. The molecule has 0 unspecified atom stereocenters. The van der Waals surface area contributed by atoms with Crippen molar-refractivity contribution in [3.63, 3.8) is 0 Å². The Hall–Kier alpha value is -7.07. The topological polar surface area (TPSA) is 12.5 Å². The zero-order valence-corrected chi connectivity index (χ0v) is 39.6. The van der Waals surface area contributed by atoms with Gasteiger partial charge in [0.05, 0.1) is 10.8 Å². The van der Waals surface area contributed by atoms with Crippen molar-refractivity contribution in [3.8, 4) is 33.8 Å². The second kappa shape index (κ2) is 14.2. The fourth-order valence-electron chi connectivity index (χ4n) is 12.0. The Morgan fingerprint density at radius 3 is 1.22 bits per heavy atom. The fraction of sp³-hybridized carbons (Fsp3) is 0.156. The van der Waals surface area contributed by atoms with Crippen LogP contribution in [0, 0.1) is 0 Å². The Morgan fingerprint density at radius 2 is 0.746 bits per heavy atom. The fourth-order valence-corrected chi connectivity index (χ4v) is 13.2. The third-order valence-electron chi connectivity index (χ3n) is 15.1. The molecule has 2 aliphatic carbocycles. The van der Waals surface area contributed by atoms with Gasteiger partial charge < -0.3 is 9.64 Å². The van der Waals surface area contributed by atoms with Gasteiger partial charge in [0.2, 0.25) is 0 Å². The first-order chi connectivity index (χ1) is 32.5. The summed E-state index contributed by atoms with van der Waals surface area (Å²) in [5.74, 6) is 1.79. The number of benzene rings is 9. The number of para-hydroxylation sites is 3. The molecule has 2 nitrogen and oxygen atoms in total. The van der Waals surface area contributed by atoms with E-state index in [9.17, 15) is 0 Å². The van der Waals surface area contributed by atoms with E-state index in [-0.39, 0.29) is 10.8 Å². The van der Waals surface area contributed by atoms with Crippen LogP contribution in [0.2, 0.25) is 0 Å². The van der Waals surface area contributed by atoms with Crippen molar-refractivity contribution in [2.75, 3.05) is 4.90 Å². The Morgan fingerprint density at radius 1 is 0.343 bits per heavy atom. The van der Waals surface area contributed by atoms with Crippen molar-refractivity contribution >= 4 is 28.8 Å². The van der Waals surface area contributed by atoms with Gasteiger partial charge in [0.15, 0.2) is 0 Å². The van der Waals surface area contributed by atoms with E-state index in [1.807, 2.05) is 11.8 Å². The van der Waals surface area contributed by atoms with Crippen LogP contribution in [0.3, 0.4) is 0 Å². The molecule has 13 rings (SSSR count). The maximum absolute atomic E-state index is 6.72. The highest BCUT2D eigenvalue weighted by Crippen LogP contribution is 2.65. The summed E-state index contributed by atoms with van der Waals surface area (Å²) >= 11 is 1.92. The smallest absolute Gasteiger partial charge is 0.132 e. The number of anilines is 3. The van der Waals surface area contributed by atoms with Crippen LogP contribution in [0.5, 0.6) is 11.5 Å². The van der Waals surface area contributed by atoms with Crippen molar-refractivity contribution in [2.24, 2.45) is 0 Å². The molecule has 0 bridgehead atoms. The minimum atomic E-state index is -0.581. The Bertz CT molecular complexity index is 3400. The number of rotatable bonds is 3. The Labute approximate surface area is 399 Å². The van der Waals surface area contributed by atoms with Crippen LogP contribution in [0.1, 0.15) is 97.2 Å². The predicted octanol–water partition coefficient (Wildman–Crippen LogP) is 17.0. The maximum atomic E-state index is 6.72. The van der Waals surface area contributed by atoms with Crippen LogP contribution in [0.25, 0.3) is 22.3 Å². The summed E-state index contributed by atoms with van der Waals surface area (Å²) < 4.78 is 6.72. The molecule has 9 aromatic carbocycles. The van der Waals surface area contributed by atoms with Crippen LogP contribution in [-0.2, 0) is 21.7 Å². The zero-order valence-electron chi connectivity index (χ0n) is 38.8. The summed E-state index contributed by atoms with van der Waals surface area (Å²) in [5, 5.41) is 0. The SMILES string of the molecule is CC(C)(C)c1ccc2c(c1)C1(c3cc(C(C)(C)C)ccc3S2)c2ccccc2-c2ccc(N(c3ccccc3)c3ccc4c(c3)C3(c5ccccc5Oc5ccccc53)c3ccccc3-4)cc21. The van der Waals surface area contributed by atoms with Gasteiger partial charge in [0.25, 0.3) is 0 Å². The van der Waals surface area contributed by atoms with Crippen molar-refractivity contribution < 1.29 is 4.74 Å². The summed E-state index contributed by atoms with van der Waals surface area (Å²) in [4.78, 5) is 5.12. The van der Waals surface area contributed by atoms with Gasteiger partial charge in [-0.15, -0.1) is 0 Å². The van der Waals surface area contributed by atoms with E-state index >= 15 is 0 Å². The first kappa shape index (κ1) is 40.2. The average Bonchev–Trinajstić information content (AvgIpc) is 3.79. The molecule has 2 aliphatic heterocycles. The zero-order chi connectivity index (χ0) is 45.5. The largest absolute Gasteiger partial charge is 0.457 e. The maximum Gasteiger partial charge on any atom is 0.132 e. The quantitative estimate of drug-likeness (QED) is 0.175. The lowest BCUT2D eigenvalue weighted by Crippen LogP contribution is -2.33. The molecule has 0 atom stereocenters. The molecule has 9 aromatic rings. The molecule has 0 radical (unpaired) electrons. The number of fused-ring (bicyclic) bond motifs is 18. The van der Waals surface area contributed by atoms with Crippen molar-refractivity contribution in [2.45, 2.75) is 73.0 Å². The molecule has 0 amide bonds. The summed E-state index contributed by atoms with van der Waals surface area (Å²) in [7, 11) is 0. The molecule has 324 valence electrons. The van der Waals surface area contributed by atoms with E-state index in [2.05, 4.69) is 247 Å². The third-order valence-corrected chi connectivity index (χ3v) is 16.3. The van der Waals surface area contributed by atoms with Crippen LogP contribution in [0.4, 0.5) is 17.1 Å². The monoisotopic (exact) mass is 881 g/mol. The summed E-state index contributed by atoms with van der Waals surface area (Å²) in [6.45, 7) is 14.0. The molecule has 0 fully saturated rings. The molecule has 0 aromatic heterocycles. The first-order valence-corrected chi connectivity index (χ1v) is 24.5. The van der Waals surface area contributed by atoms with Gasteiger partial charge in [-0.2, -0.15) is 0 Å². The highest BCUT2D eigenvalue weighted by molar-refractivity contribution is 7.99. The number of ether oxygens (including phenoxy) is 1. The van der Waals surface area contributed by atoms with E-state index in [1.54, 1.807) is 0 Å². The molecule has 4 aliphatic rings. The normalized spacial score (nSPS) is 15.0. The average molecular weight is 882 g/mol. The summed E-state index contributed by atoms with van der Waals surface area (Å²) in [6.07, 6.45) is 0. The highest BCUT2D eigenvalue weighted by atomic mass is 32.2. The van der Waals surface area contributed by atoms with E-state index in [0.717, 1.165) is 39.7 Å². The van der Waals surface area contributed by atoms with Crippen LogP contribution in [-0.4, -0.2) is 0 Å². The third kappa shape index (κ3) is 5.58. The number of hydrogen-bond acceptors (Lipinski definition) is 3. The lowest BCUT2D eigenvalue weighted by molar-refractivity contribution is 0.436. The van der Waals surface area contributed by atoms with Gasteiger partial charge in [-0.05, 0) is 138 Å². The molecule has 2 spiro atoms. The van der Waals surface area contributed by atoms with Crippen molar-refractivity contribution in [3.05, 3.63) is 256 Å². The van der Waals surface area contributed by atoms with E-state index in [4.69, 9.17) is 4.74 Å². The molecule has 3 heteroatoms. The van der Waals surface area contributed by atoms with Gasteiger partial charge in [-0.3, -0.25) is 0 Å². The predicted molar refractivity (Wildman–Crippen MR) is 277 cm³/mol. The van der Waals surface area contributed by atoms with Gasteiger partial charge in [0, 0.05) is 38.0 Å². The van der Waals surface area contributed by atoms with Gasteiger partial charge in [-0.1, -0.05) is 193 Å². The van der Waals surface area contributed by atoms with E-state index in [0.29, 0.717) is 0 Å².